The van der Waals surface area contributed by atoms with E-state index in [1.807, 2.05) is 48.6 Å². The number of anilines is 1. The van der Waals surface area contributed by atoms with Crippen LogP contribution in [0.15, 0.2) is 60.5 Å². The number of nitrogens with two attached hydrogens (primary N) is 1. The number of nitrogens with one attached hydrogen (secondary N) is 1. The number of ether oxygens (including phenoxy) is 1. The number of primary amides is 1. The molecule has 3 aromatic rings. The zero-order chi connectivity index (χ0) is 18.8. The second-order valence-corrected chi connectivity index (χ2v) is 7.08. The molecule has 0 saturated heterocycles. The first kappa shape index (κ1) is 17.1. The summed E-state index contributed by atoms with van der Waals surface area (Å²) < 4.78 is 6.02. The highest BCUT2D eigenvalue weighted by atomic mass is 32.1. The molecule has 2 aromatic heterocycles. The van der Waals surface area contributed by atoms with E-state index in [1.165, 1.54) is 17.5 Å². The minimum atomic E-state index is -0.478. The minimum Gasteiger partial charge on any atom is -0.497 e. The van der Waals surface area contributed by atoms with Crippen LogP contribution in [0.5, 0.6) is 5.75 Å². The summed E-state index contributed by atoms with van der Waals surface area (Å²) in [5, 5.41) is 4.24. The molecule has 134 valence electrons. The van der Waals surface area contributed by atoms with Gasteiger partial charge in [-0.2, -0.15) is 0 Å². The van der Waals surface area contributed by atoms with Crippen molar-refractivity contribution in [1.29, 1.82) is 0 Å². The summed E-state index contributed by atoms with van der Waals surface area (Å²) >= 11 is 1.52. The highest BCUT2D eigenvalue weighted by molar-refractivity contribution is 7.20. The molecule has 3 N–H and O–H groups in total. The predicted octanol–water partition coefficient (Wildman–Crippen LogP) is 4.12. The lowest BCUT2D eigenvalue weighted by molar-refractivity contribution is 0.100. The van der Waals surface area contributed by atoms with Gasteiger partial charge in [0.25, 0.3) is 5.91 Å². The molecule has 2 heterocycles. The lowest BCUT2D eigenvalue weighted by Crippen LogP contribution is -2.12. The number of thiophene rings is 1. The van der Waals surface area contributed by atoms with E-state index in [4.69, 9.17) is 10.5 Å². The van der Waals surface area contributed by atoms with E-state index in [2.05, 4.69) is 16.0 Å². The van der Waals surface area contributed by atoms with Crippen molar-refractivity contribution in [2.75, 3.05) is 12.4 Å². The molecule has 5 nitrogen and oxygen atoms in total. The maximum atomic E-state index is 11.8. The smallest absolute Gasteiger partial charge is 0.251 e. The van der Waals surface area contributed by atoms with Gasteiger partial charge in [0.1, 0.15) is 11.6 Å². The summed E-state index contributed by atoms with van der Waals surface area (Å²) in [6.07, 6.45) is 7.34. The lowest BCUT2D eigenvalue weighted by Gasteiger charge is -2.09. The van der Waals surface area contributed by atoms with Crippen molar-refractivity contribution in [2.45, 2.75) is 6.54 Å². The molecule has 1 aromatic carbocycles. The fraction of sp³-hybridized carbons (Fsp3) is 0.0952. The second-order valence-electron chi connectivity index (χ2n) is 6.02. The number of fused-ring (bicyclic) bond motifs is 1. The van der Waals surface area contributed by atoms with E-state index >= 15 is 0 Å². The zero-order valence-corrected chi connectivity index (χ0v) is 15.5. The predicted molar refractivity (Wildman–Crippen MR) is 109 cm³/mol. The van der Waals surface area contributed by atoms with E-state index < -0.39 is 5.91 Å². The summed E-state index contributed by atoms with van der Waals surface area (Å²) in [5.74, 6) is 1.06. The standard InChI is InChI=1S/C21H17N3O2S/c1-26-15-8-6-13(7-9-15)11-23-21-16-10-18(14-4-2-3-5-14)27-19(16)17(12-24-21)20(22)25/h2-4,6-10,12H,11H2,1H3,(H2,22,25)(H,23,24). The van der Waals surface area contributed by atoms with Crippen molar-refractivity contribution in [1.82, 2.24) is 4.98 Å². The van der Waals surface area contributed by atoms with Gasteiger partial charge in [-0.3, -0.25) is 4.79 Å². The molecule has 0 saturated carbocycles. The Bertz CT molecular complexity index is 1120. The number of nitrogens with zero attached hydrogens (tertiary/aromatic N) is 1. The molecule has 0 bridgehead atoms. The highest BCUT2D eigenvalue weighted by Crippen LogP contribution is 2.36. The van der Waals surface area contributed by atoms with E-state index in [9.17, 15) is 4.79 Å². The van der Waals surface area contributed by atoms with Gasteiger partial charge in [0, 0.05) is 28.6 Å². The van der Waals surface area contributed by atoms with Gasteiger partial charge in [-0.25, -0.2) is 4.98 Å². The van der Waals surface area contributed by atoms with Gasteiger partial charge in [-0.05, 0) is 35.9 Å². The van der Waals surface area contributed by atoms with Gasteiger partial charge in [-0.1, -0.05) is 18.2 Å². The Balaban J connectivity index is 1.69. The van der Waals surface area contributed by atoms with Gasteiger partial charge in [0.05, 0.1) is 17.4 Å². The van der Waals surface area contributed by atoms with Crippen LogP contribution in [0.2, 0.25) is 0 Å². The summed E-state index contributed by atoms with van der Waals surface area (Å²) in [4.78, 5) is 17.3. The molecule has 1 amide bonds. The van der Waals surface area contributed by atoms with Crippen LogP contribution in [0.4, 0.5) is 5.82 Å². The average molecular weight is 375 g/mol. The number of carbonyl (C=O) groups is 1. The second kappa shape index (κ2) is 7.11. The maximum absolute atomic E-state index is 11.8. The number of methoxy groups -OCH3 is 1. The molecule has 0 radical (unpaired) electrons. The van der Waals surface area contributed by atoms with Crippen LogP contribution in [0.1, 0.15) is 20.8 Å². The summed E-state index contributed by atoms with van der Waals surface area (Å²) in [6, 6.07) is 9.87. The molecule has 0 spiro atoms. The van der Waals surface area contributed by atoms with E-state index in [0.717, 1.165) is 37.7 Å². The Morgan fingerprint density at radius 1 is 1.33 bits per heavy atom. The third kappa shape index (κ3) is 3.36. The van der Waals surface area contributed by atoms with E-state index in [1.54, 1.807) is 7.11 Å². The third-order valence-corrected chi connectivity index (χ3v) is 5.50. The Hall–Kier alpha value is -3.34. The Morgan fingerprint density at radius 2 is 2.15 bits per heavy atom. The third-order valence-electron chi connectivity index (χ3n) is 4.30. The first-order valence-corrected chi connectivity index (χ1v) is 9.20. The Labute approximate surface area is 160 Å². The number of pyridine rings is 1. The first-order valence-electron chi connectivity index (χ1n) is 8.38. The van der Waals surface area contributed by atoms with Crippen LogP contribution in [0.25, 0.3) is 15.7 Å². The van der Waals surface area contributed by atoms with Crippen LogP contribution < -0.4 is 15.8 Å². The average Bonchev–Trinajstić information content (AvgIpc) is 3.35. The van der Waals surface area contributed by atoms with Crippen molar-refractivity contribution >= 4 is 38.7 Å². The van der Waals surface area contributed by atoms with Crippen LogP contribution in [0.3, 0.4) is 0 Å². The van der Waals surface area contributed by atoms with Gasteiger partial charge in [-0.15, -0.1) is 17.1 Å². The van der Waals surface area contributed by atoms with Gasteiger partial charge >= 0.3 is 0 Å². The first-order chi connectivity index (χ1) is 13.2. The summed E-state index contributed by atoms with van der Waals surface area (Å²) in [6.45, 7) is 0.607. The Kier molecular flexibility index (Phi) is 4.50. The largest absolute Gasteiger partial charge is 0.497 e. The molecule has 0 unspecified atom stereocenters. The monoisotopic (exact) mass is 375 g/mol. The molecular formula is C21H17N3O2S. The summed E-state index contributed by atoms with van der Waals surface area (Å²) in [5.41, 5.74) is 11.3. The highest BCUT2D eigenvalue weighted by Gasteiger charge is 2.16. The van der Waals surface area contributed by atoms with Crippen LogP contribution in [-0.4, -0.2) is 18.0 Å². The molecule has 6 heteroatoms. The SMILES string of the molecule is COc1ccc(CNc2ncc(C(N)=O)c3sc(C4=C=CC=C4)cc23)cc1. The van der Waals surface area contributed by atoms with Gasteiger partial charge in [0.15, 0.2) is 0 Å². The van der Waals surface area contributed by atoms with Gasteiger partial charge in [0.2, 0.25) is 0 Å². The number of carbonyl (C=O) groups excluding carboxylic acids is 1. The number of rotatable bonds is 6. The molecule has 0 aliphatic heterocycles. The lowest BCUT2D eigenvalue weighted by atomic mass is 10.1. The van der Waals surface area contributed by atoms with Crippen LogP contribution in [0, 0.1) is 0 Å². The summed E-state index contributed by atoms with van der Waals surface area (Å²) in [7, 11) is 1.65. The number of hydrogen-bond acceptors (Lipinski definition) is 5. The quantitative estimate of drug-likeness (QED) is 0.635. The number of hydrogen-bond donors (Lipinski definition) is 2. The normalized spacial score (nSPS) is 12.4. The van der Waals surface area contributed by atoms with Crippen LogP contribution >= 0.6 is 11.3 Å². The van der Waals surface area contributed by atoms with E-state index in [-0.39, 0.29) is 0 Å². The Morgan fingerprint density at radius 3 is 2.81 bits per heavy atom. The van der Waals surface area contributed by atoms with Crippen LogP contribution in [-0.2, 0) is 6.54 Å². The maximum Gasteiger partial charge on any atom is 0.251 e. The fourth-order valence-electron chi connectivity index (χ4n) is 2.89. The number of allylic oxidation sites excluding steroid dienone is 3. The van der Waals surface area contributed by atoms with Gasteiger partial charge < -0.3 is 15.8 Å². The van der Waals surface area contributed by atoms with Crippen molar-refractivity contribution in [3.63, 3.8) is 0 Å². The molecular weight excluding hydrogens is 358 g/mol. The van der Waals surface area contributed by atoms with Crippen molar-refractivity contribution in [2.24, 2.45) is 5.73 Å². The number of amides is 1. The minimum absolute atomic E-state index is 0.433. The molecule has 1 aliphatic rings. The van der Waals surface area contributed by atoms with E-state index in [0.29, 0.717) is 12.1 Å². The molecule has 27 heavy (non-hydrogen) atoms. The topological polar surface area (TPSA) is 77.2 Å². The molecule has 0 atom stereocenters. The number of aromatic nitrogens is 1. The fourth-order valence-corrected chi connectivity index (χ4v) is 4.05. The molecule has 1 aliphatic carbocycles. The van der Waals surface area contributed by atoms with Crippen molar-refractivity contribution in [3.8, 4) is 5.75 Å². The molecule has 4 rings (SSSR count). The molecule has 0 fully saturated rings. The zero-order valence-electron chi connectivity index (χ0n) is 14.7. The number of benzene rings is 1. The van der Waals surface area contributed by atoms with Crippen molar-refractivity contribution < 1.29 is 9.53 Å². The van der Waals surface area contributed by atoms with Crippen molar-refractivity contribution in [3.05, 3.63) is 76.5 Å².